The largest absolute Gasteiger partial charge is 0.391 e. The van der Waals surface area contributed by atoms with Crippen molar-refractivity contribution in [1.29, 1.82) is 0 Å². The highest BCUT2D eigenvalue weighted by Crippen LogP contribution is 2.48. The van der Waals surface area contributed by atoms with Gasteiger partial charge in [-0.3, -0.25) is 0 Å². The van der Waals surface area contributed by atoms with Crippen LogP contribution in [0.15, 0.2) is 47.6 Å². The fourth-order valence-corrected chi connectivity index (χ4v) is 3.53. The van der Waals surface area contributed by atoms with Crippen LogP contribution < -0.4 is 0 Å². The molecule has 1 aliphatic carbocycles. The zero-order valence-corrected chi connectivity index (χ0v) is 16.3. The molecule has 2 nitrogen and oxygen atoms in total. The van der Waals surface area contributed by atoms with Crippen molar-refractivity contribution in [3.8, 4) is 0 Å². The van der Waals surface area contributed by atoms with E-state index in [2.05, 4.69) is 43.3 Å². The third kappa shape index (κ3) is 4.56. The van der Waals surface area contributed by atoms with E-state index in [4.69, 9.17) is 28.0 Å². The van der Waals surface area contributed by atoms with Crippen molar-refractivity contribution in [2.45, 2.75) is 45.6 Å². The molecule has 1 aliphatic rings. The quantitative estimate of drug-likeness (QED) is 0.401. The van der Waals surface area contributed by atoms with Crippen LogP contribution in [0.5, 0.6) is 0 Å². The third-order valence-corrected chi connectivity index (χ3v) is 5.39. The minimum atomic E-state index is 0.355. The Balaban J connectivity index is 1.55. The first-order chi connectivity index (χ1) is 12.0. The van der Waals surface area contributed by atoms with E-state index in [1.54, 1.807) is 12.1 Å². The molecule has 1 saturated carbocycles. The minimum Gasteiger partial charge on any atom is -0.391 e. The van der Waals surface area contributed by atoms with Crippen molar-refractivity contribution in [2.24, 2.45) is 11.1 Å². The molecule has 1 fully saturated rings. The van der Waals surface area contributed by atoms with E-state index in [1.807, 2.05) is 13.0 Å². The molecule has 2 aromatic rings. The third-order valence-electron chi connectivity index (χ3n) is 4.80. The average molecular weight is 376 g/mol. The van der Waals surface area contributed by atoms with E-state index in [9.17, 15) is 0 Å². The summed E-state index contributed by atoms with van der Waals surface area (Å²) in [5, 5.41) is 5.52. The molecule has 0 unspecified atom stereocenters. The lowest BCUT2D eigenvalue weighted by molar-refractivity contribution is 0.129. The summed E-state index contributed by atoms with van der Waals surface area (Å²) >= 11 is 12.0. The number of benzene rings is 2. The lowest BCUT2D eigenvalue weighted by Crippen LogP contribution is -1.99. The predicted molar refractivity (Wildman–Crippen MR) is 106 cm³/mol. The maximum atomic E-state index is 6.14. The number of hydrogen-bond acceptors (Lipinski definition) is 2. The number of rotatable bonds is 6. The summed E-state index contributed by atoms with van der Waals surface area (Å²) in [7, 11) is 0. The second kappa shape index (κ2) is 7.80. The van der Waals surface area contributed by atoms with Crippen molar-refractivity contribution >= 4 is 28.9 Å². The van der Waals surface area contributed by atoms with Crippen molar-refractivity contribution in [3.63, 3.8) is 0 Å². The molecule has 3 rings (SSSR count). The molecule has 25 heavy (non-hydrogen) atoms. The molecule has 2 atom stereocenters. The molecule has 0 aliphatic heterocycles. The topological polar surface area (TPSA) is 21.6 Å². The van der Waals surface area contributed by atoms with Gasteiger partial charge in [0.1, 0.15) is 6.61 Å². The lowest BCUT2D eigenvalue weighted by atomic mass is 9.99. The standard InChI is InChI=1S/C21H23Cl2NO/c1-13(2)15-4-6-16(7-5-15)20-11-19(20)14(3)24-25-12-17-8-9-18(22)10-21(17)23/h4-10,13,19-20H,11-12H2,1-3H3/b24-14-/t19-,20-/m1/s1. The molecule has 0 spiro atoms. The second-order valence-electron chi connectivity index (χ2n) is 7.01. The molecule has 4 heteroatoms. The molecule has 0 saturated heterocycles. The van der Waals surface area contributed by atoms with E-state index in [1.165, 1.54) is 11.1 Å². The van der Waals surface area contributed by atoms with Gasteiger partial charge in [-0.25, -0.2) is 0 Å². The summed E-state index contributed by atoms with van der Waals surface area (Å²) in [6.07, 6.45) is 1.14. The molecule has 0 radical (unpaired) electrons. The van der Waals surface area contributed by atoms with Gasteiger partial charge in [-0.05, 0) is 48.4 Å². The van der Waals surface area contributed by atoms with E-state index in [0.29, 0.717) is 34.4 Å². The highest BCUT2D eigenvalue weighted by molar-refractivity contribution is 6.35. The molecule has 2 aromatic carbocycles. The highest BCUT2D eigenvalue weighted by Gasteiger charge is 2.40. The Morgan fingerprint density at radius 1 is 1.16 bits per heavy atom. The number of nitrogens with zero attached hydrogens (tertiary/aromatic N) is 1. The van der Waals surface area contributed by atoms with Gasteiger partial charge in [0.15, 0.2) is 0 Å². The van der Waals surface area contributed by atoms with Gasteiger partial charge >= 0.3 is 0 Å². The van der Waals surface area contributed by atoms with Crippen LogP contribution in [-0.4, -0.2) is 5.71 Å². The van der Waals surface area contributed by atoms with Crippen LogP contribution in [0.2, 0.25) is 10.0 Å². The van der Waals surface area contributed by atoms with Crippen molar-refractivity contribution in [1.82, 2.24) is 0 Å². The van der Waals surface area contributed by atoms with Gasteiger partial charge in [-0.2, -0.15) is 0 Å². The van der Waals surface area contributed by atoms with E-state index in [-0.39, 0.29) is 0 Å². The normalized spacial score (nSPS) is 20.0. The van der Waals surface area contributed by atoms with Gasteiger partial charge in [-0.1, -0.05) is 72.5 Å². The van der Waals surface area contributed by atoms with Gasteiger partial charge in [0.25, 0.3) is 0 Å². The average Bonchev–Trinajstić information content (AvgIpc) is 3.37. The molecular formula is C21H23Cl2NO. The van der Waals surface area contributed by atoms with Crippen LogP contribution in [0.25, 0.3) is 0 Å². The zero-order chi connectivity index (χ0) is 18.0. The van der Waals surface area contributed by atoms with Gasteiger partial charge in [0, 0.05) is 21.5 Å². The molecule has 0 amide bonds. The number of hydrogen-bond donors (Lipinski definition) is 0. The Morgan fingerprint density at radius 3 is 2.52 bits per heavy atom. The maximum Gasteiger partial charge on any atom is 0.143 e. The molecule has 0 aromatic heterocycles. The van der Waals surface area contributed by atoms with Crippen LogP contribution in [0.4, 0.5) is 0 Å². The Hall–Kier alpha value is -1.51. The predicted octanol–water partition coefficient (Wildman–Crippen LogP) is 6.81. The summed E-state index contributed by atoms with van der Waals surface area (Å²) in [4.78, 5) is 5.50. The summed E-state index contributed by atoms with van der Waals surface area (Å²) in [5.74, 6) is 1.61. The van der Waals surface area contributed by atoms with Crippen molar-refractivity contribution in [2.75, 3.05) is 0 Å². The molecule has 132 valence electrons. The molecule has 0 N–H and O–H groups in total. The SMILES string of the molecule is C/C(=N/OCc1ccc(Cl)cc1Cl)[C@H]1C[C@@H]1c1ccc(C(C)C)cc1. The summed E-state index contributed by atoms with van der Waals surface area (Å²) in [6, 6.07) is 14.4. The number of oxime groups is 1. The summed E-state index contributed by atoms with van der Waals surface area (Å²) in [6.45, 7) is 6.83. The van der Waals surface area contributed by atoms with Gasteiger partial charge < -0.3 is 4.84 Å². The van der Waals surface area contributed by atoms with Crippen molar-refractivity contribution in [3.05, 3.63) is 69.2 Å². The summed E-state index contributed by atoms with van der Waals surface area (Å²) < 4.78 is 0. The van der Waals surface area contributed by atoms with Crippen LogP contribution in [-0.2, 0) is 11.4 Å². The van der Waals surface area contributed by atoms with Gasteiger partial charge in [0.05, 0.1) is 5.71 Å². The highest BCUT2D eigenvalue weighted by atomic mass is 35.5. The fourth-order valence-electron chi connectivity index (χ4n) is 3.06. The van der Waals surface area contributed by atoms with Crippen molar-refractivity contribution < 1.29 is 4.84 Å². The minimum absolute atomic E-state index is 0.355. The van der Waals surface area contributed by atoms with Gasteiger partial charge in [0.2, 0.25) is 0 Å². The maximum absolute atomic E-state index is 6.14. The van der Waals surface area contributed by atoms with E-state index < -0.39 is 0 Å². The zero-order valence-electron chi connectivity index (χ0n) is 14.8. The summed E-state index contributed by atoms with van der Waals surface area (Å²) in [5.41, 5.74) is 4.71. The van der Waals surface area contributed by atoms with Crippen LogP contribution >= 0.6 is 23.2 Å². The first-order valence-corrected chi connectivity index (χ1v) is 9.41. The smallest absolute Gasteiger partial charge is 0.143 e. The fraction of sp³-hybridized carbons (Fsp3) is 0.381. The Labute approximate surface area is 159 Å². The van der Waals surface area contributed by atoms with E-state index >= 15 is 0 Å². The molecular weight excluding hydrogens is 353 g/mol. The van der Waals surface area contributed by atoms with E-state index in [0.717, 1.165) is 17.7 Å². The first kappa shape index (κ1) is 18.3. The number of halogens is 2. The second-order valence-corrected chi connectivity index (χ2v) is 7.86. The Kier molecular flexibility index (Phi) is 5.71. The monoisotopic (exact) mass is 375 g/mol. The van der Waals surface area contributed by atoms with Crippen LogP contribution in [0, 0.1) is 5.92 Å². The van der Waals surface area contributed by atoms with Gasteiger partial charge in [-0.15, -0.1) is 0 Å². The van der Waals surface area contributed by atoms with Crippen LogP contribution in [0.3, 0.4) is 0 Å². The first-order valence-electron chi connectivity index (χ1n) is 8.66. The lowest BCUT2D eigenvalue weighted by Gasteiger charge is -2.07. The van der Waals surface area contributed by atoms with Crippen LogP contribution in [0.1, 0.15) is 55.7 Å². The molecule has 0 heterocycles. The molecule has 0 bridgehead atoms. The Bertz CT molecular complexity index is 768. The Morgan fingerprint density at radius 2 is 1.88 bits per heavy atom.